The van der Waals surface area contributed by atoms with E-state index < -0.39 is 0 Å². The largest absolute Gasteiger partial charge is 0.301 e. The first kappa shape index (κ1) is 20.9. The molecule has 31 heavy (non-hydrogen) atoms. The van der Waals surface area contributed by atoms with Gasteiger partial charge in [0.15, 0.2) is 0 Å². The van der Waals surface area contributed by atoms with Crippen molar-refractivity contribution in [1.29, 1.82) is 0 Å². The van der Waals surface area contributed by atoms with E-state index in [2.05, 4.69) is 41.0 Å². The molecule has 1 aromatic carbocycles. The molecule has 5 rings (SSSR count). The molecule has 1 atom stereocenters. The third-order valence-electron chi connectivity index (χ3n) is 7.09. The van der Waals surface area contributed by atoms with Crippen molar-refractivity contribution in [2.45, 2.75) is 51.6 Å². The number of aryl methyl sites for hydroxylation is 3. The molecule has 1 fully saturated rings. The summed E-state index contributed by atoms with van der Waals surface area (Å²) in [6.45, 7) is 8.84. The van der Waals surface area contributed by atoms with Crippen molar-refractivity contribution in [3.05, 3.63) is 63.0 Å². The molecule has 0 spiro atoms. The van der Waals surface area contributed by atoms with Crippen LogP contribution in [0.2, 0.25) is 0 Å². The first-order valence-corrected chi connectivity index (χ1v) is 12.5. The van der Waals surface area contributed by atoms with Crippen LogP contribution < -0.4 is 5.56 Å². The van der Waals surface area contributed by atoms with Crippen molar-refractivity contribution in [2.24, 2.45) is 0 Å². The topological polar surface area (TPSA) is 41.4 Å². The molecule has 0 bridgehead atoms. The lowest BCUT2D eigenvalue weighted by atomic mass is 9.91. The summed E-state index contributed by atoms with van der Waals surface area (Å²) >= 11 is 1.75. The van der Waals surface area contributed by atoms with Crippen molar-refractivity contribution in [3.8, 4) is 0 Å². The van der Waals surface area contributed by atoms with Crippen LogP contribution in [0, 0.1) is 0 Å². The molecule has 1 saturated heterocycles. The van der Waals surface area contributed by atoms with Gasteiger partial charge in [-0.3, -0.25) is 14.3 Å². The monoisotopic (exact) mass is 436 g/mol. The number of piperazine rings is 1. The Bertz CT molecular complexity index is 1080. The first-order valence-electron chi connectivity index (χ1n) is 11.7. The van der Waals surface area contributed by atoms with E-state index in [-0.39, 0.29) is 5.56 Å². The molecule has 1 aliphatic heterocycles. The second kappa shape index (κ2) is 9.23. The number of fused-ring (bicyclic) bond motifs is 3. The molecule has 0 amide bonds. The number of rotatable bonds is 6. The van der Waals surface area contributed by atoms with Crippen LogP contribution in [0.25, 0.3) is 10.2 Å². The molecule has 2 aliphatic rings. The van der Waals surface area contributed by atoms with Crippen molar-refractivity contribution in [3.63, 3.8) is 0 Å². The van der Waals surface area contributed by atoms with E-state index in [1.54, 1.807) is 17.7 Å². The van der Waals surface area contributed by atoms with E-state index >= 15 is 0 Å². The van der Waals surface area contributed by atoms with E-state index in [1.165, 1.54) is 42.2 Å². The van der Waals surface area contributed by atoms with Crippen molar-refractivity contribution in [1.82, 2.24) is 19.4 Å². The third kappa shape index (κ3) is 4.34. The van der Waals surface area contributed by atoms with Gasteiger partial charge in [0.05, 0.1) is 11.7 Å². The molecule has 1 aliphatic carbocycles. The number of aromatic nitrogens is 2. The van der Waals surface area contributed by atoms with E-state index in [1.807, 2.05) is 10.6 Å². The summed E-state index contributed by atoms with van der Waals surface area (Å²) in [5.74, 6) is 0. The van der Waals surface area contributed by atoms with E-state index in [0.717, 1.165) is 55.4 Å². The molecule has 164 valence electrons. The standard InChI is InChI=1S/C25H32N4OS/c1-2-27-13-15-28(16-14-27)20-10-11-21-22(17-20)31-24-23(21)25(30)29(18-26-24)12-6-9-19-7-4-3-5-8-19/h3-5,7-8,18,20H,2,6,9-17H2,1H3/t20-/m1/s1. The van der Waals surface area contributed by atoms with E-state index in [4.69, 9.17) is 4.98 Å². The minimum absolute atomic E-state index is 0.158. The highest BCUT2D eigenvalue weighted by Gasteiger charge is 2.30. The van der Waals surface area contributed by atoms with Crippen LogP contribution in [-0.4, -0.2) is 58.1 Å². The van der Waals surface area contributed by atoms with Crippen LogP contribution in [0.4, 0.5) is 0 Å². The maximum Gasteiger partial charge on any atom is 0.262 e. The summed E-state index contributed by atoms with van der Waals surface area (Å²) in [4.78, 5) is 25.5. The van der Waals surface area contributed by atoms with Gasteiger partial charge in [0, 0.05) is 43.6 Å². The van der Waals surface area contributed by atoms with E-state index in [9.17, 15) is 4.79 Å². The molecule has 0 N–H and O–H groups in total. The average Bonchev–Trinajstić information content (AvgIpc) is 3.20. The quantitative estimate of drug-likeness (QED) is 0.592. The van der Waals surface area contributed by atoms with Crippen LogP contribution in [0.1, 0.15) is 35.8 Å². The van der Waals surface area contributed by atoms with Gasteiger partial charge in [-0.15, -0.1) is 11.3 Å². The van der Waals surface area contributed by atoms with Gasteiger partial charge in [-0.05, 0) is 49.8 Å². The zero-order valence-electron chi connectivity index (χ0n) is 18.4. The molecule has 0 saturated carbocycles. The molecular formula is C25H32N4OS. The predicted molar refractivity (Wildman–Crippen MR) is 128 cm³/mol. The van der Waals surface area contributed by atoms with Gasteiger partial charge in [-0.25, -0.2) is 4.98 Å². The molecule has 0 radical (unpaired) electrons. The lowest BCUT2D eigenvalue weighted by Crippen LogP contribution is -2.51. The normalized spacial score (nSPS) is 20.2. The number of hydrogen-bond donors (Lipinski definition) is 0. The van der Waals surface area contributed by atoms with Crippen molar-refractivity contribution >= 4 is 21.6 Å². The predicted octanol–water partition coefficient (Wildman–Crippen LogP) is 3.59. The average molecular weight is 437 g/mol. The molecule has 5 nitrogen and oxygen atoms in total. The van der Waals surface area contributed by atoms with Crippen LogP contribution >= 0.6 is 11.3 Å². The lowest BCUT2D eigenvalue weighted by Gasteiger charge is -2.40. The van der Waals surface area contributed by atoms with Crippen LogP contribution in [0.5, 0.6) is 0 Å². The van der Waals surface area contributed by atoms with Gasteiger partial charge in [0.25, 0.3) is 5.56 Å². The fourth-order valence-electron chi connectivity index (χ4n) is 5.20. The fourth-order valence-corrected chi connectivity index (χ4v) is 6.45. The Morgan fingerprint density at radius 2 is 1.94 bits per heavy atom. The summed E-state index contributed by atoms with van der Waals surface area (Å²) < 4.78 is 1.83. The third-order valence-corrected chi connectivity index (χ3v) is 8.25. The van der Waals surface area contributed by atoms with Crippen LogP contribution in [-0.2, 0) is 25.8 Å². The zero-order valence-corrected chi connectivity index (χ0v) is 19.2. The maximum absolute atomic E-state index is 13.3. The zero-order chi connectivity index (χ0) is 21.2. The van der Waals surface area contributed by atoms with Gasteiger partial charge in [-0.2, -0.15) is 0 Å². The second-order valence-electron chi connectivity index (χ2n) is 8.88. The SMILES string of the molecule is CCN1CCN([C@@H]2CCc3c(sc4ncn(CCCc5ccccc5)c(=O)c34)C2)CC1. The summed E-state index contributed by atoms with van der Waals surface area (Å²) in [6.07, 6.45) is 6.95. The number of benzene rings is 1. The minimum Gasteiger partial charge on any atom is -0.301 e. The highest BCUT2D eigenvalue weighted by Crippen LogP contribution is 2.35. The van der Waals surface area contributed by atoms with E-state index in [0.29, 0.717) is 6.04 Å². The molecule has 2 aromatic heterocycles. The highest BCUT2D eigenvalue weighted by molar-refractivity contribution is 7.18. The number of nitrogens with zero attached hydrogens (tertiary/aromatic N) is 4. The maximum atomic E-state index is 13.3. The van der Waals surface area contributed by atoms with Crippen LogP contribution in [0.15, 0.2) is 41.5 Å². The molecule has 0 unspecified atom stereocenters. The number of hydrogen-bond acceptors (Lipinski definition) is 5. The van der Waals surface area contributed by atoms with Gasteiger partial charge in [0.2, 0.25) is 0 Å². The Morgan fingerprint density at radius 3 is 2.71 bits per heavy atom. The van der Waals surface area contributed by atoms with Gasteiger partial charge in [-0.1, -0.05) is 37.3 Å². The summed E-state index contributed by atoms with van der Waals surface area (Å²) in [7, 11) is 0. The molecule has 3 aromatic rings. The second-order valence-corrected chi connectivity index (χ2v) is 9.97. The lowest BCUT2D eigenvalue weighted by molar-refractivity contribution is 0.0932. The molecule has 3 heterocycles. The Morgan fingerprint density at radius 1 is 1.13 bits per heavy atom. The Hall–Kier alpha value is -2.02. The van der Waals surface area contributed by atoms with Crippen molar-refractivity contribution in [2.75, 3.05) is 32.7 Å². The molecular weight excluding hydrogens is 404 g/mol. The number of likely N-dealkylation sites (N-methyl/N-ethyl adjacent to an activating group) is 1. The molecule has 6 heteroatoms. The smallest absolute Gasteiger partial charge is 0.262 e. The van der Waals surface area contributed by atoms with Crippen LogP contribution in [0.3, 0.4) is 0 Å². The van der Waals surface area contributed by atoms with Crippen molar-refractivity contribution < 1.29 is 0 Å². The summed E-state index contributed by atoms with van der Waals surface area (Å²) in [5.41, 5.74) is 2.77. The Balaban J connectivity index is 1.30. The van der Waals surface area contributed by atoms with Gasteiger partial charge < -0.3 is 4.90 Å². The summed E-state index contributed by atoms with van der Waals surface area (Å²) in [5, 5.41) is 0.900. The fraction of sp³-hybridized carbons (Fsp3) is 0.520. The first-order chi connectivity index (χ1) is 15.2. The van der Waals surface area contributed by atoms with Gasteiger partial charge >= 0.3 is 0 Å². The minimum atomic E-state index is 0.158. The van der Waals surface area contributed by atoms with Gasteiger partial charge in [0.1, 0.15) is 4.83 Å². The number of thiophene rings is 1. The Labute approximate surface area is 188 Å². The Kier molecular flexibility index (Phi) is 6.21. The highest BCUT2D eigenvalue weighted by atomic mass is 32.1. The summed E-state index contributed by atoms with van der Waals surface area (Å²) in [6, 6.07) is 11.1.